The molecular weight excluding hydrogens is 422 g/mol. The van der Waals surface area contributed by atoms with Crippen LogP contribution >= 0.6 is 11.3 Å². The molecule has 2 aromatic heterocycles. The van der Waals surface area contributed by atoms with Crippen LogP contribution in [0.15, 0.2) is 23.0 Å². The molecule has 0 atom stereocenters. The molecule has 3 aromatic rings. The van der Waals surface area contributed by atoms with Crippen molar-refractivity contribution in [2.75, 3.05) is 13.4 Å². The molecular formula is C21H19N3O6S. The Morgan fingerprint density at radius 3 is 3.00 bits per heavy atom. The van der Waals surface area contributed by atoms with E-state index in [1.165, 1.54) is 0 Å². The minimum Gasteiger partial charge on any atom is -0.454 e. The lowest BCUT2D eigenvalue weighted by Gasteiger charge is -2.07. The summed E-state index contributed by atoms with van der Waals surface area (Å²) in [6, 6.07) is 5.39. The summed E-state index contributed by atoms with van der Waals surface area (Å²) in [7, 11) is 0. The van der Waals surface area contributed by atoms with Gasteiger partial charge in [0.25, 0.3) is 11.5 Å². The molecule has 5 rings (SSSR count). The van der Waals surface area contributed by atoms with Gasteiger partial charge in [0.2, 0.25) is 6.79 Å². The van der Waals surface area contributed by atoms with Crippen molar-refractivity contribution in [3.05, 3.63) is 50.4 Å². The molecule has 0 radical (unpaired) electrons. The van der Waals surface area contributed by atoms with E-state index < -0.39 is 18.5 Å². The number of rotatable bonds is 5. The van der Waals surface area contributed by atoms with Crippen LogP contribution < -0.4 is 20.3 Å². The lowest BCUT2D eigenvalue weighted by atomic mass is 10.2. The van der Waals surface area contributed by atoms with Crippen LogP contribution in [0.1, 0.15) is 33.0 Å². The summed E-state index contributed by atoms with van der Waals surface area (Å²) < 4.78 is 17.4. The second-order valence-corrected chi connectivity index (χ2v) is 8.36. The first-order valence-corrected chi connectivity index (χ1v) is 10.7. The largest absolute Gasteiger partial charge is 0.454 e. The number of ether oxygens (including phenoxy) is 3. The molecule has 0 bridgehead atoms. The molecule has 0 saturated heterocycles. The molecule has 4 heterocycles. The Balaban J connectivity index is 1.23. The molecule has 31 heavy (non-hydrogen) atoms. The van der Waals surface area contributed by atoms with E-state index in [-0.39, 0.29) is 18.9 Å². The number of aromatic nitrogens is 2. The third-order valence-electron chi connectivity index (χ3n) is 5.36. The second kappa shape index (κ2) is 7.69. The SMILES string of the molecule is Cc1c(C(=O)OCC(=O)NCc2ccc3c(c2)OCO3)sc2nc3n(c(=O)c12)CCC3. The van der Waals surface area contributed by atoms with Crippen molar-refractivity contribution >= 4 is 33.4 Å². The van der Waals surface area contributed by atoms with Crippen molar-refractivity contribution in [3.8, 4) is 11.5 Å². The van der Waals surface area contributed by atoms with Gasteiger partial charge in [-0.1, -0.05) is 6.07 Å². The predicted molar refractivity (Wildman–Crippen MR) is 112 cm³/mol. The number of nitrogens with one attached hydrogen (secondary N) is 1. The Morgan fingerprint density at radius 2 is 2.13 bits per heavy atom. The molecule has 1 amide bonds. The molecule has 0 spiro atoms. The summed E-state index contributed by atoms with van der Waals surface area (Å²) >= 11 is 1.13. The minimum atomic E-state index is -0.636. The van der Waals surface area contributed by atoms with Crippen molar-refractivity contribution in [1.82, 2.24) is 14.9 Å². The molecule has 0 unspecified atom stereocenters. The quantitative estimate of drug-likeness (QED) is 0.603. The van der Waals surface area contributed by atoms with E-state index in [2.05, 4.69) is 10.3 Å². The molecule has 2 aliphatic rings. The number of thiophene rings is 1. The summed E-state index contributed by atoms with van der Waals surface area (Å²) in [6.07, 6.45) is 1.65. The van der Waals surface area contributed by atoms with Gasteiger partial charge in [0.05, 0.1) is 5.39 Å². The van der Waals surface area contributed by atoms with Gasteiger partial charge in [-0.25, -0.2) is 9.78 Å². The second-order valence-electron chi connectivity index (χ2n) is 7.37. The fraction of sp³-hybridized carbons (Fsp3) is 0.333. The summed E-state index contributed by atoms with van der Waals surface area (Å²) in [4.78, 5) is 42.8. The van der Waals surface area contributed by atoms with Gasteiger partial charge < -0.3 is 19.5 Å². The summed E-state index contributed by atoms with van der Waals surface area (Å²) in [5.74, 6) is 0.989. The van der Waals surface area contributed by atoms with Crippen LogP contribution in [0.5, 0.6) is 11.5 Å². The van der Waals surface area contributed by atoms with E-state index in [4.69, 9.17) is 14.2 Å². The fourth-order valence-corrected chi connectivity index (χ4v) is 4.85. The fourth-order valence-electron chi connectivity index (χ4n) is 3.77. The third kappa shape index (κ3) is 3.52. The third-order valence-corrected chi connectivity index (χ3v) is 6.52. The first-order valence-electron chi connectivity index (χ1n) is 9.86. The van der Waals surface area contributed by atoms with Crippen molar-refractivity contribution < 1.29 is 23.8 Å². The highest BCUT2D eigenvalue weighted by atomic mass is 32.1. The van der Waals surface area contributed by atoms with Crippen molar-refractivity contribution in [3.63, 3.8) is 0 Å². The number of esters is 1. The van der Waals surface area contributed by atoms with Gasteiger partial charge in [-0.05, 0) is 36.6 Å². The lowest BCUT2D eigenvalue weighted by Crippen LogP contribution is -2.28. The number of benzene rings is 1. The number of nitrogens with zero attached hydrogens (tertiary/aromatic N) is 2. The Morgan fingerprint density at radius 1 is 1.29 bits per heavy atom. The predicted octanol–water partition coefficient (Wildman–Crippen LogP) is 1.91. The molecule has 2 aliphatic heterocycles. The van der Waals surface area contributed by atoms with Gasteiger partial charge in [0, 0.05) is 19.5 Å². The Bertz CT molecular complexity index is 1280. The van der Waals surface area contributed by atoms with Crippen molar-refractivity contribution in [2.24, 2.45) is 0 Å². The van der Waals surface area contributed by atoms with E-state index in [9.17, 15) is 14.4 Å². The zero-order valence-electron chi connectivity index (χ0n) is 16.7. The molecule has 10 heteroatoms. The zero-order chi connectivity index (χ0) is 21.5. The maximum absolute atomic E-state index is 12.7. The Hall–Kier alpha value is -3.40. The topological polar surface area (TPSA) is 109 Å². The number of aryl methyl sites for hydroxylation is 2. The first-order chi connectivity index (χ1) is 15.0. The zero-order valence-corrected chi connectivity index (χ0v) is 17.5. The van der Waals surface area contributed by atoms with Gasteiger partial charge in [-0.2, -0.15) is 0 Å². The normalized spacial score (nSPS) is 14.0. The molecule has 9 nitrogen and oxygen atoms in total. The van der Waals surface area contributed by atoms with Crippen LogP contribution in [-0.4, -0.2) is 34.8 Å². The number of fused-ring (bicyclic) bond motifs is 3. The number of hydrogen-bond donors (Lipinski definition) is 1. The average molecular weight is 441 g/mol. The monoisotopic (exact) mass is 441 g/mol. The van der Waals surface area contributed by atoms with Gasteiger partial charge in [-0.15, -0.1) is 11.3 Å². The molecule has 1 aromatic carbocycles. The van der Waals surface area contributed by atoms with E-state index in [1.54, 1.807) is 23.6 Å². The molecule has 1 N–H and O–H groups in total. The maximum Gasteiger partial charge on any atom is 0.349 e. The van der Waals surface area contributed by atoms with Crippen LogP contribution in [0.3, 0.4) is 0 Å². The standard InChI is InChI=1S/C21H19N3O6S/c1-11-17-19(23-15-3-2-6-24(15)20(17)26)31-18(11)21(27)28-9-16(25)22-8-12-4-5-13-14(7-12)30-10-29-13/h4-5,7H,2-3,6,8-10H2,1H3,(H,22,25). The Labute approximate surface area is 180 Å². The Kier molecular flexibility index (Phi) is 4.85. The number of carbonyl (C=O) groups excluding carboxylic acids is 2. The van der Waals surface area contributed by atoms with Crippen molar-refractivity contribution in [2.45, 2.75) is 32.9 Å². The van der Waals surface area contributed by atoms with E-state index >= 15 is 0 Å². The summed E-state index contributed by atoms with van der Waals surface area (Å²) in [5.41, 5.74) is 1.26. The molecule has 0 saturated carbocycles. The highest BCUT2D eigenvalue weighted by Gasteiger charge is 2.24. The minimum absolute atomic E-state index is 0.119. The van der Waals surface area contributed by atoms with Gasteiger partial charge in [0.1, 0.15) is 15.5 Å². The van der Waals surface area contributed by atoms with Crippen LogP contribution in [0, 0.1) is 6.92 Å². The van der Waals surface area contributed by atoms with Gasteiger partial charge in [0.15, 0.2) is 18.1 Å². The van der Waals surface area contributed by atoms with Gasteiger partial charge >= 0.3 is 5.97 Å². The number of amides is 1. The molecule has 0 aliphatic carbocycles. The highest BCUT2D eigenvalue weighted by Crippen LogP contribution is 2.32. The van der Waals surface area contributed by atoms with Gasteiger partial charge in [-0.3, -0.25) is 14.2 Å². The summed E-state index contributed by atoms with van der Waals surface area (Å²) in [6.45, 7) is 2.39. The van der Waals surface area contributed by atoms with Crippen LogP contribution in [0.2, 0.25) is 0 Å². The van der Waals surface area contributed by atoms with E-state index in [0.29, 0.717) is 38.7 Å². The van der Waals surface area contributed by atoms with Crippen LogP contribution in [-0.2, 0) is 29.0 Å². The van der Waals surface area contributed by atoms with Crippen molar-refractivity contribution in [1.29, 1.82) is 0 Å². The highest BCUT2D eigenvalue weighted by molar-refractivity contribution is 7.20. The maximum atomic E-state index is 12.7. The number of hydrogen-bond acceptors (Lipinski definition) is 8. The van der Waals surface area contributed by atoms with E-state index in [0.717, 1.165) is 35.6 Å². The smallest absolute Gasteiger partial charge is 0.349 e. The summed E-state index contributed by atoms with van der Waals surface area (Å²) in [5, 5.41) is 3.16. The van der Waals surface area contributed by atoms with Crippen LogP contribution in [0.25, 0.3) is 10.2 Å². The molecule has 0 fully saturated rings. The lowest BCUT2D eigenvalue weighted by molar-refractivity contribution is -0.124. The number of carbonyl (C=O) groups is 2. The molecule has 160 valence electrons. The van der Waals surface area contributed by atoms with E-state index in [1.807, 2.05) is 6.07 Å². The van der Waals surface area contributed by atoms with Crippen LogP contribution in [0.4, 0.5) is 0 Å². The average Bonchev–Trinajstić information content (AvgIpc) is 3.49. The first kappa shape index (κ1) is 19.6.